The summed E-state index contributed by atoms with van der Waals surface area (Å²) < 4.78 is 0. The van der Waals surface area contributed by atoms with E-state index in [1.165, 1.54) is 9.75 Å². The van der Waals surface area contributed by atoms with Crippen LogP contribution in [0.15, 0.2) is 30.3 Å². The van der Waals surface area contributed by atoms with Crippen LogP contribution in [0.2, 0.25) is 0 Å². The van der Waals surface area contributed by atoms with Crippen molar-refractivity contribution in [3.05, 3.63) is 40.1 Å². The predicted molar refractivity (Wildman–Crippen MR) is 73.1 cm³/mol. The average molecular weight is 248 g/mol. The Morgan fingerprint density at radius 3 is 2.65 bits per heavy atom. The summed E-state index contributed by atoms with van der Waals surface area (Å²) in [4.78, 5) is 7.01. The Kier molecular flexibility index (Phi) is 3.95. The maximum absolute atomic E-state index is 5.31. The van der Waals surface area contributed by atoms with Gasteiger partial charge < -0.3 is 10.7 Å². The van der Waals surface area contributed by atoms with Gasteiger partial charge in [-0.2, -0.15) is 0 Å². The number of hydrogen-bond acceptors (Lipinski definition) is 5. The van der Waals surface area contributed by atoms with Crippen molar-refractivity contribution in [1.82, 2.24) is 4.98 Å². The van der Waals surface area contributed by atoms with Crippen LogP contribution >= 0.6 is 11.3 Å². The molecule has 0 aliphatic rings. The number of aryl methyl sites for hydroxylation is 1. The number of anilines is 2. The average Bonchev–Trinajstić information content (AvgIpc) is 2.84. The Labute approximate surface area is 105 Å². The predicted octanol–water partition coefficient (Wildman–Crippen LogP) is 2.60. The summed E-state index contributed by atoms with van der Waals surface area (Å²) in [6.07, 6.45) is 1.09. The maximum atomic E-state index is 5.31. The van der Waals surface area contributed by atoms with Crippen molar-refractivity contribution in [3.8, 4) is 0 Å². The van der Waals surface area contributed by atoms with Gasteiger partial charge in [-0.3, -0.25) is 0 Å². The van der Waals surface area contributed by atoms with Crippen LogP contribution in [0.25, 0.3) is 0 Å². The highest BCUT2D eigenvalue weighted by atomic mass is 32.1. The highest BCUT2D eigenvalue weighted by Crippen LogP contribution is 2.18. The SMILES string of the molecule is CCc1ccc(CNc2cccc(NN)n2)s1. The van der Waals surface area contributed by atoms with E-state index >= 15 is 0 Å². The van der Waals surface area contributed by atoms with Crippen molar-refractivity contribution >= 4 is 23.0 Å². The summed E-state index contributed by atoms with van der Waals surface area (Å²) in [5.41, 5.74) is 2.53. The molecule has 0 spiro atoms. The molecule has 0 radical (unpaired) electrons. The first-order chi connectivity index (χ1) is 8.31. The molecular weight excluding hydrogens is 232 g/mol. The van der Waals surface area contributed by atoms with E-state index in [2.05, 4.69) is 34.8 Å². The van der Waals surface area contributed by atoms with Gasteiger partial charge in [-0.15, -0.1) is 11.3 Å². The van der Waals surface area contributed by atoms with E-state index in [0.717, 1.165) is 18.8 Å². The van der Waals surface area contributed by atoms with E-state index in [-0.39, 0.29) is 0 Å². The van der Waals surface area contributed by atoms with Crippen LogP contribution in [0, 0.1) is 0 Å². The Balaban J connectivity index is 1.96. The largest absolute Gasteiger partial charge is 0.365 e. The molecule has 0 fully saturated rings. The standard InChI is InChI=1S/C12H16N4S/c1-2-9-6-7-10(17-9)8-14-11-4-3-5-12(15-11)16-13/h3-7H,2,8,13H2,1H3,(H2,14,15,16). The molecule has 0 unspecified atom stereocenters. The molecular formula is C12H16N4S. The first-order valence-electron chi connectivity index (χ1n) is 5.57. The van der Waals surface area contributed by atoms with Crippen LogP contribution in [-0.4, -0.2) is 4.98 Å². The second kappa shape index (κ2) is 5.65. The number of hydrazine groups is 1. The van der Waals surface area contributed by atoms with Gasteiger partial charge in [0.1, 0.15) is 11.6 Å². The number of nitrogen functional groups attached to an aromatic ring is 1. The molecule has 0 saturated carbocycles. The van der Waals surface area contributed by atoms with Gasteiger partial charge in [0.05, 0.1) is 6.54 Å². The first kappa shape index (κ1) is 11.9. The Morgan fingerprint density at radius 1 is 1.18 bits per heavy atom. The minimum absolute atomic E-state index is 0.662. The third-order valence-electron chi connectivity index (χ3n) is 2.41. The molecule has 0 aromatic carbocycles. The van der Waals surface area contributed by atoms with Gasteiger partial charge in [-0.05, 0) is 30.7 Å². The van der Waals surface area contributed by atoms with Gasteiger partial charge >= 0.3 is 0 Å². The molecule has 90 valence electrons. The van der Waals surface area contributed by atoms with E-state index in [0.29, 0.717) is 5.82 Å². The van der Waals surface area contributed by atoms with Gasteiger partial charge in [0.2, 0.25) is 0 Å². The van der Waals surface area contributed by atoms with Crippen LogP contribution in [0.3, 0.4) is 0 Å². The van der Waals surface area contributed by atoms with E-state index in [9.17, 15) is 0 Å². The fourth-order valence-corrected chi connectivity index (χ4v) is 2.40. The van der Waals surface area contributed by atoms with Gasteiger partial charge in [0, 0.05) is 9.75 Å². The van der Waals surface area contributed by atoms with Crippen LogP contribution in [0.1, 0.15) is 16.7 Å². The molecule has 2 heterocycles. The fourth-order valence-electron chi connectivity index (χ4n) is 1.50. The van der Waals surface area contributed by atoms with Gasteiger partial charge in [0.15, 0.2) is 0 Å². The van der Waals surface area contributed by atoms with Gasteiger partial charge in [-0.25, -0.2) is 10.8 Å². The summed E-state index contributed by atoms with van der Waals surface area (Å²) in [5.74, 6) is 6.80. The summed E-state index contributed by atoms with van der Waals surface area (Å²) >= 11 is 1.83. The molecule has 2 aromatic heterocycles. The number of rotatable bonds is 5. The number of hydrogen-bond donors (Lipinski definition) is 3. The highest BCUT2D eigenvalue weighted by Gasteiger charge is 2.00. The van der Waals surface area contributed by atoms with E-state index in [4.69, 9.17) is 5.84 Å². The molecule has 0 atom stereocenters. The van der Waals surface area contributed by atoms with Crippen molar-refractivity contribution < 1.29 is 0 Å². The minimum atomic E-state index is 0.662. The molecule has 0 aliphatic carbocycles. The second-order valence-corrected chi connectivity index (χ2v) is 4.88. The summed E-state index contributed by atoms with van der Waals surface area (Å²) in [6.45, 7) is 2.96. The lowest BCUT2D eigenvalue weighted by Gasteiger charge is -2.05. The minimum Gasteiger partial charge on any atom is -0.365 e. The smallest absolute Gasteiger partial charge is 0.142 e. The van der Waals surface area contributed by atoms with Crippen LogP contribution < -0.4 is 16.6 Å². The zero-order valence-electron chi connectivity index (χ0n) is 9.73. The Morgan fingerprint density at radius 2 is 1.94 bits per heavy atom. The van der Waals surface area contributed by atoms with Crippen LogP contribution in [0.4, 0.5) is 11.6 Å². The molecule has 5 heteroatoms. The third-order valence-corrected chi connectivity index (χ3v) is 3.64. The second-order valence-electron chi connectivity index (χ2n) is 3.63. The van der Waals surface area contributed by atoms with E-state index in [1.54, 1.807) is 0 Å². The van der Waals surface area contributed by atoms with Crippen molar-refractivity contribution in [3.63, 3.8) is 0 Å². The first-order valence-corrected chi connectivity index (χ1v) is 6.38. The third kappa shape index (κ3) is 3.18. The summed E-state index contributed by atoms with van der Waals surface area (Å²) in [5, 5.41) is 3.28. The Bertz CT molecular complexity index is 481. The number of pyridine rings is 1. The lowest BCUT2D eigenvalue weighted by atomic mass is 10.3. The molecule has 0 amide bonds. The van der Waals surface area contributed by atoms with Gasteiger partial charge in [0.25, 0.3) is 0 Å². The van der Waals surface area contributed by atoms with Crippen LogP contribution in [-0.2, 0) is 13.0 Å². The van der Waals surface area contributed by atoms with Crippen molar-refractivity contribution in [2.45, 2.75) is 19.9 Å². The highest BCUT2D eigenvalue weighted by molar-refractivity contribution is 7.12. The monoisotopic (exact) mass is 248 g/mol. The zero-order valence-corrected chi connectivity index (χ0v) is 10.6. The van der Waals surface area contributed by atoms with Crippen molar-refractivity contribution in [2.24, 2.45) is 5.84 Å². The fraction of sp³-hybridized carbons (Fsp3) is 0.250. The molecule has 0 bridgehead atoms. The molecule has 4 nitrogen and oxygen atoms in total. The van der Waals surface area contributed by atoms with E-state index < -0.39 is 0 Å². The lowest BCUT2D eigenvalue weighted by molar-refractivity contribution is 1.13. The normalized spacial score (nSPS) is 10.2. The Hall–Kier alpha value is -1.59. The lowest BCUT2D eigenvalue weighted by Crippen LogP contribution is -2.09. The molecule has 2 aromatic rings. The maximum Gasteiger partial charge on any atom is 0.142 e. The summed E-state index contributed by atoms with van der Waals surface area (Å²) in [7, 11) is 0. The van der Waals surface area contributed by atoms with Crippen LogP contribution in [0.5, 0.6) is 0 Å². The van der Waals surface area contributed by atoms with Gasteiger partial charge in [-0.1, -0.05) is 13.0 Å². The number of nitrogens with zero attached hydrogens (tertiary/aromatic N) is 1. The molecule has 2 rings (SSSR count). The molecule has 4 N–H and O–H groups in total. The zero-order chi connectivity index (χ0) is 12.1. The number of nitrogens with two attached hydrogens (primary N) is 1. The topological polar surface area (TPSA) is 63.0 Å². The quantitative estimate of drug-likeness (QED) is 0.562. The molecule has 0 saturated heterocycles. The molecule has 0 aliphatic heterocycles. The van der Waals surface area contributed by atoms with Crippen molar-refractivity contribution in [2.75, 3.05) is 10.7 Å². The van der Waals surface area contributed by atoms with E-state index in [1.807, 2.05) is 29.5 Å². The number of aromatic nitrogens is 1. The number of thiophene rings is 1. The molecule has 17 heavy (non-hydrogen) atoms. The summed E-state index contributed by atoms with van der Waals surface area (Å²) in [6, 6.07) is 9.99. The van der Waals surface area contributed by atoms with Crippen molar-refractivity contribution in [1.29, 1.82) is 0 Å². The number of nitrogens with one attached hydrogen (secondary N) is 2.